The van der Waals surface area contributed by atoms with E-state index in [2.05, 4.69) is 4.74 Å². The molecule has 0 spiro atoms. The van der Waals surface area contributed by atoms with E-state index in [9.17, 15) is 9.18 Å². The number of hydrogen-bond acceptors (Lipinski definition) is 4. The van der Waals surface area contributed by atoms with Crippen LogP contribution in [0.4, 0.5) is 4.39 Å². The SMILES string of the molecule is COC(=O)c1ccoc1COc1cccc(F)c1. The smallest absolute Gasteiger partial charge is 0.341 e. The van der Waals surface area contributed by atoms with Crippen LogP contribution in [0, 0.1) is 5.82 Å². The van der Waals surface area contributed by atoms with Crippen molar-refractivity contribution in [2.75, 3.05) is 7.11 Å². The number of rotatable bonds is 4. The minimum atomic E-state index is -0.499. The predicted octanol–water partition coefficient (Wildman–Crippen LogP) is 2.78. The summed E-state index contributed by atoms with van der Waals surface area (Å²) in [5.74, 6) is -0.185. The van der Waals surface area contributed by atoms with Crippen molar-refractivity contribution in [2.45, 2.75) is 6.61 Å². The first-order chi connectivity index (χ1) is 8.70. The van der Waals surface area contributed by atoms with Gasteiger partial charge in [0.1, 0.15) is 23.7 Å². The van der Waals surface area contributed by atoms with E-state index in [1.165, 1.54) is 37.6 Å². The fourth-order valence-corrected chi connectivity index (χ4v) is 1.45. The Morgan fingerprint density at radius 2 is 2.22 bits per heavy atom. The second kappa shape index (κ2) is 5.35. The van der Waals surface area contributed by atoms with Crippen LogP contribution in [0.15, 0.2) is 41.0 Å². The molecule has 0 saturated heterocycles. The molecule has 2 rings (SSSR count). The molecule has 94 valence electrons. The van der Waals surface area contributed by atoms with Gasteiger partial charge in [-0.1, -0.05) is 6.07 Å². The van der Waals surface area contributed by atoms with Gasteiger partial charge in [0.2, 0.25) is 0 Å². The molecular formula is C13H11FO4. The summed E-state index contributed by atoms with van der Waals surface area (Å²) in [4.78, 5) is 11.4. The average molecular weight is 250 g/mol. The van der Waals surface area contributed by atoms with Crippen molar-refractivity contribution < 1.29 is 23.1 Å². The number of ether oxygens (including phenoxy) is 2. The standard InChI is InChI=1S/C13H11FO4/c1-16-13(15)11-5-6-17-12(11)8-18-10-4-2-3-9(14)7-10/h2-7H,8H2,1H3. The van der Waals surface area contributed by atoms with E-state index < -0.39 is 5.97 Å². The van der Waals surface area contributed by atoms with Gasteiger partial charge in [0.05, 0.1) is 13.4 Å². The van der Waals surface area contributed by atoms with Gasteiger partial charge in [-0.15, -0.1) is 0 Å². The minimum absolute atomic E-state index is 0.0287. The van der Waals surface area contributed by atoms with Crippen molar-refractivity contribution in [2.24, 2.45) is 0 Å². The van der Waals surface area contributed by atoms with Gasteiger partial charge in [-0.05, 0) is 18.2 Å². The molecular weight excluding hydrogens is 239 g/mol. The van der Waals surface area contributed by atoms with Crippen molar-refractivity contribution in [3.8, 4) is 5.75 Å². The Kier molecular flexibility index (Phi) is 3.62. The van der Waals surface area contributed by atoms with Gasteiger partial charge in [0.25, 0.3) is 0 Å². The van der Waals surface area contributed by atoms with Crippen LogP contribution >= 0.6 is 0 Å². The lowest BCUT2D eigenvalue weighted by atomic mass is 10.2. The molecule has 4 nitrogen and oxygen atoms in total. The average Bonchev–Trinajstić information content (AvgIpc) is 2.84. The number of furan rings is 1. The summed E-state index contributed by atoms with van der Waals surface area (Å²) in [5, 5.41) is 0. The summed E-state index contributed by atoms with van der Waals surface area (Å²) in [7, 11) is 1.28. The molecule has 2 aromatic rings. The monoisotopic (exact) mass is 250 g/mol. The summed E-state index contributed by atoms with van der Waals surface area (Å²) in [6, 6.07) is 7.22. The maximum absolute atomic E-state index is 12.9. The summed E-state index contributed by atoms with van der Waals surface area (Å²) in [5.41, 5.74) is 0.300. The van der Waals surface area contributed by atoms with Crippen LogP contribution < -0.4 is 4.74 Å². The Bertz CT molecular complexity index is 547. The van der Waals surface area contributed by atoms with E-state index in [0.717, 1.165) is 0 Å². The summed E-state index contributed by atoms with van der Waals surface area (Å²) in [6.07, 6.45) is 1.37. The molecule has 0 aliphatic heterocycles. The van der Waals surface area contributed by atoms with Crippen molar-refractivity contribution in [1.29, 1.82) is 0 Å². The van der Waals surface area contributed by atoms with Gasteiger partial charge >= 0.3 is 5.97 Å². The highest BCUT2D eigenvalue weighted by Crippen LogP contribution is 2.17. The second-order valence-corrected chi connectivity index (χ2v) is 3.50. The number of esters is 1. The zero-order valence-corrected chi connectivity index (χ0v) is 9.68. The van der Waals surface area contributed by atoms with Crippen LogP contribution in [0.2, 0.25) is 0 Å². The van der Waals surface area contributed by atoms with Gasteiger partial charge in [-0.25, -0.2) is 9.18 Å². The zero-order chi connectivity index (χ0) is 13.0. The van der Waals surface area contributed by atoms with Crippen LogP contribution in [-0.2, 0) is 11.3 Å². The molecule has 1 heterocycles. The van der Waals surface area contributed by atoms with Crippen molar-refractivity contribution >= 4 is 5.97 Å². The van der Waals surface area contributed by atoms with Gasteiger partial charge in [0.15, 0.2) is 5.76 Å². The van der Waals surface area contributed by atoms with E-state index in [1.54, 1.807) is 6.07 Å². The highest BCUT2D eigenvalue weighted by molar-refractivity contribution is 5.90. The maximum atomic E-state index is 12.9. The Hall–Kier alpha value is -2.30. The molecule has 0 unspecified atom stereocenters. The Labute approximate surface area is 103 Å². The molecule has 0 fully saturated rings. The predicted molar refractivity (Wildman–Crippen MR) is 60.8 cm³/mol. The van der Waals surface area contributed by atoms with Crippen molar-refractivity contribution in [3.63, 3.8) is 0 Å². The van der Waals surface area contributed by atoms with E-state index in [1.807, 2.05) is 0 Å². The van der Waals surface area contributed by atoms with Crippen molar-refractivity contribution in [1.82, 2.24) is 0 Å². The molecule has 0 bridgehead atoms. The largest absolute Gasteiger partial charge is 0.486 e. The third-order valence-electron chi connectivity index (χ3n) is 2.32. The first-order valence-electron chi connectivity index (χ1n) is 5.24. The molecule has 5 heteroatoms. The molecule has 1 aromatic heterocycles. The summed E-state index contributed by atoms with van der Waals surface area (Å²) in [6.45, 7) is 0.0287. The fraction of sp³-hybridized carbons (Fsp3) is 0.154. The third-order valence-corrected chi connectivity index (χ3v) is 2.32. The third kappa shape index (κ3) is 2.68. The second-order valence-electron chi connectivity index (χ2n) is 3.50. The number of halogens is 1. The molecule has 0 radical (unpaired) electrons. The lowest BCUT2D eigenvalue weighted by Crippen LogP contribution is -2.05. The number of carbonyl (C=O) groups excluding carboxylic acids is 1. The number of hydrogen-bond donors (Lipinski definition) is 0. The van der Waals surface area contributed by atoms with Crippen LogP contribution in [0.25, 0.3) is 0 Å². The first kappa shape index (κ1) is 12.2. The Balaban J connectivity index is 2.07. The molecule has 0 aliphatic rings. The van der Waals surface area contributed by atoms with Crippen LogP contribution in [0.1, 0.15) is 16.1 Å². The lowest BCUT2D eigenvalue weighted by molar-refractivity contribution is 0.0595. The normalized spacial score (nSPS) is 10.1. The van der Waals surface area contributed by atoms with E-state index in [-0.39, 0.29) is 12.4 Å². The molecule has 18 heavy (non-hydrogen) atoms. The fourth-order valence-electron chi connectivity index (χ4n) is 1.45. The first-order valence-corrected chi connectivity index (χ1v) is 5.24. The topological polar surface area (TPSA) is 48.7 Å². The van der Waals surface area contributed by atoms with Gasteiger partial charge < -0.3 is 13.9 Å². The highest BCUT2D eigenvalue weighted by atomic mass is 19.1. The molecule has 0 N–H and O–H groups in total. The van der Waals surface area contributed by atoms with Crippen molar-refractivity contribution in [3.05, 3.63) is 53.7 Å². The highest BCUT2D eigenvalue weighted by Gasteiger charge is 2.15. The molecule has 0 atom stereocenters. The lowest BCUT2D eigenvalue weighted by Gasteiger charge is -2.05. The Morgan fingerprint density at radius 3 is 2.94 bits per heavy atom. The molecule has 0 aliphatic carbocycles. The summed E-state index contributed by atoms with van der Waals surface area (Å²) < 4.78 is 28.0. The minimum Gasteiger partial charge on any atom is -0.486 e. The number of benzene rings is 1. The van der Waals surface area contributed by atoms with Crippen LogP contribution in [0.5, 0.6) is 5.75 Å². The van der Waals surface area contributed by atoms with E-state index in [0.29, 0.717) is 17.1 Å². The molecule has 0 saturated carbocycles. The van der Waals surface area contributed by atoms with Gasteiger partial charge in [0, 0.05) is 6.07 Å². The van der Waals surface area contributed by atoms with Gasteiger partial charge in [-0.2, -0.15) is 0 Å². The molecule has 0 amide bonds. The van der Waals surface area contributed by atoms with Crippen LogP contribution in [0.3, 0.4) is 0 Å². The number of carbonyl (C=O) groups is 1. The summed E-state index contributed by atoms with van der Waals surface area (Å²) >= 11 is 0. The number of methoxy groups -OCH3 is 1. The van der Waals surface area contributed by atoms with E-state index >= 15 is 0 Å². The Morgan fingerprint density at radius 1 is 1.39 bits per heavy atom. The maximum Gasteiger partial charge on any atom is 0.341 e. The zero-order valence-electron chi connectivity index (χ0n) is 9.68. The van der Waals surface area contributed by atoms with E-state index in [4.69, 9.17) is 9.15 Å². The van der Waals surface area contributed by atoms with Crippen LogP contribution in [-0.4, -0.2) is 13.1 Å². The quantitative estimate of drug-likeness (QED) is 0.783. The van der Waals surface area contributed by atoms with Gasteiger partial charge in [-0.3, -0.25) is 0 Å². The molecule has 1 aromatic carbocycles.